The predicted molar refractivity (Wildman–Crippen MR) is 78.6 cm³/mol. The van der Waals surface area contributed by atoms with Crippen LogP contribution in [0.25, 0.3) is 0 Å². The summed E-state index contributed by atoms with van der Waals surface area (Å²) in [7, 11) is -3.08. The topological polar surface area (TPSA) is 49.4 Å². The van der Waals surface area contributed by atoms with Gasteiger partial charge in [-0.15, -0.1) is 0 Å². The van der Waals surface area contributed by atoms with E-state index in [1.807, 2.05) is 20.8 Å². The lowest BCUT2D eigenvalue weighted by molar-refractivity contribution is 0.232. The Morgan fingerprint density at radius 1 is 1.16 bits per heavy atom. The van der Waals surface area contributed by atoms with Gasteiger partial charge < -0.3 is 5.32 Å². The van der Waals surface area contributed by atoms with Gasteiger partial charge in [0.15, 0.2) is 0 Å². The quantitative estimate of drug-likeness (QED) is 0.862. The highest BCUT2D eigenvalue weighted by atomic mass is 32.2. The van der Waals surface area contributed by atoms with Crippen LogP contribution < -0.4 is 5.32 Å². The molecule has 1 unspecified atom stereocenters. The summed E-state index contributed by atoms with van der Waals surface area (Å²) in [4.78, 5) is 0. The summed E-state index contributed by atoms with van der Waals surface area (Å²) in [5, 5.41) is 3.55. The predicted octanol–water partition coefficient (Wildman–Crippen LogP) is 1.83. The van der Waals surface area contributed by atoms with Gasteiger partial charge in [-0.3, -0.25) is 0 Å². The van der Waals surface area contributed by atoms with E-state index in [0.717, 1.165) is 19.4 Å². The maximum atomic E-state index is 12.3. The lowest BCUT2D eigenvalue weighted by Crippen LogP contribution is -2.45. The number of nitrogens with one attached hydrogen (secondary N) is 1. The molecule has 0 amide bonds. The molecule has 2 saturated heterocycles. The monoisotopic (exact) mass is 288 g/mol. The molecule has 2 fully saturated rings. The molecule has 0 aliphatic carbocycles. The molecule has 112 valence electrons. The summed E-state index contributed by atoms with van der Waals surface area (Å²) in [5.41, 5.74) is -0.164. The van der Waals surface area contributed by atoms with Crippen LogP contribution in [0.3, 0.4) is 0 Å². The molecule has 19 heavy (non-hydrogen) atoms. The zero-order valence-corrected chi connectivity index (χ0v) is 13.3. The lowest BCUT2D eigenvalue weighted by Gasteiger charge is -2.35. The van der Waals surface area contributed by atoms with Crippen molar-refractivity contribution in [2.75, 3.05) is 25.4 Å². The van der Waals surface area contributed by atoms with Gasteiger partial charge in [-0.2, -0.15) is 0 Å². The SMILES string of the molecule is CC(C)(C)CS(=O)(=O)N1CCC(C2CCCN2)CC1. The van der Waals surface area contributed by atoms with Crippen molar-refractivity contribution in [2.45, 2.75) is 52.5 Å². The molecule has 1 N–H and O–H groups in total. The number of hydrogen-bond donors (Lipinski definition) is 1. The van der Waals surface area contributed by atoms with Gasteiger partial charge in [0.05, 0.1) is 5.75 Å². The smallest absolute Gasteiger partial charge is 0.214 e. The molecular formula is C14H28N2O2S. The first-order valence-corrected chi connectivity index (χ1v) is 9.10. The Morgan fingerprint density at radius 3 is 2.26 bits per heavy atom. The van der Waals surface area contributed by atoms with Crippen LogP contribution in [0.15, 0.2) is 0 Å². The Hall–Kier alpha value is -0.130. The minimum absolute atomic E-state index is 0.164. The van der Waals surface area contributed by atoms with E-state index in [4.69, 9.17) is 0 Å². The van der Waals surface area contributed by atoms with Crippen LogP contribution in [0.4, 0.5) is 0 Å². The van der Waals surface area contributed by atoms with Crippen LogP contribution in [-0.4, -0.2) is 44.2 Å². The van der Waals surface area contributed by atoms with Crippen LogP contribution >= 0.6 is 0 Å². The largest absolute Gasteiger partial charge is 0.314 e. The van der Waals surface area contributed by atoms with Gasteiger partial charge in [-0.1, -0.05) is 20.8 Å². The maximum absolute atomic E-state index is 12.3. The van der Waals surface area contributed by atoms with E-state index in [1.165, 1.54) is 12.8 Å². The van der Waals surface area contributed by atoms with E-state index < -0.39 is 10.0 Å². The molecule has 0 radical (unpaired) electrons. The van der Waals surface area contributed by atoms with E-state index in [-0.39, 0.29) is 11.2 Å². The number of rotatable bonds is 3. The lowest BCUT2D eigenvalue weighted by atomic mass is 9.89. The van der Waals surface area contributed by atoms with Crippen LogP contribution in [0.2, 0.25) is 0 Å². The molecule has 0 aromatic rings. The van der Waals surface area contributed by atoms with Crippen molar-refractivity contribution in [1.82, 2.24) is 9.62 Å². The van der Waals surface area contributed by atoms with Crippen LogP contribution in [-0.2, 0) is 10.0 Å². The van der Waals surface area contributed by atoms with Gasteiger partial charge in [0.1, 0.15) is 0 Å². The summed E-state index contributed by atoms with van der Waals surface area (Å²) in [5.74, 6) is 0.926. The van der Waals surface area contributed by atoms with Crippen molar-refractivity contribution in [1.29, 1.82) is 0 Å². The molecule has 0 saturated carbocycles. The van der Waals surface area contributed by atoms with Crippen molar-refractivity contribution in [3.05, 3.63) is 0 Å². The van der Waals surface area contributed by atoms with Crippen LogP contribution in [0.5, 0.6) is 0 Å². The fourth-order valence-electron chi connectivity index (χ4n) is 3.31. The second-order valence-electron chi connectivity index (χ2n) is 7.26. The molecule has 0 aromatic carbocycles. The zero-order valence-electron chi connectivity index (χ0n) is 12.5. The van der Waals surface area contributed by atoms with Crippen molar-refractivity contribution in [2.24, 2.45) is 11.3 Å². The van der Waals surface area contributed by atoms with E-state index in [1.54, 1.807) is 4.31 Å². The summed E-state index contributed by atoms with van der Waals surface area (Å²) in [6.07, 6.45) is 4.56. The molecule has 0 spiro atoms. The Kier molecular flexibility index (Phi) is 4.58. The standard InChI is InChI=1S/C14H28N2O2S/c1-14(2,3)11-19(17,18)16-9-6-12(7-10-16)13-5-4-8-15-13/h12-13,15H,4-11H2,1-3H3. The molecule has 0 bridgehead atoms. The molecule has 1 atom stereocenters. The number of piperidine rings is 1. The summed E-state index contributed by atoms with van der Waals surface area (Å²) in [6, 6.07) is 0.632. The van der Waals surface area contributed by atoms with Crippen molar-refractivity contribution in [3.63, 3.8) is 0 Å². The number of hydrogen-bond acceptors (Lipinski definition) is 3. The summed E-state index contributed by atoms with van der Waals surface area (Å²) in [6.45, 7) is 8.51. The fraction of sp³-hybridized carbons (Fsp3) is 1.00. The maximum Gasteiger partial charge on any atom is 0.214 e. The molecule has 0 aromatic heterocycles. The first-order valence-electron chi connectivity index (χ1n) is 7.49. The Bertz CT molecular complexity index is 386. The van der Waals surface area contributed by atoms with E-state index >= 15 is 0 Å². The molecular weight excluding hydrogens is 260 g/mol. The third-order valence-electron chi connectivity index (χ3n) is 4.17. The van der Waals surface area contributed by atoms with Gasteiger partial charge in [0.25, 0.3) is 0 Å². The number of sulfonamides is 1. The van der Waals surface area contributed by atoms with Crippen molar-refractivity contribution < 1.29 is 8.42 Å². The molecule has 2 heterocycles. The number of nitrogens with zero attached hydrogens (tertiary/aromatic N) is 1. The molecule has 5 heteroatoms. The second kappa shape index (κ2) is 5.70. The molecule has 4 nitrogen and oxygen atoms in total. The molecule has 2 rings (SSSR count). The van der Waals surface area contributed by atoms with E-state index in [0.29, 0.717) is 25.0 Å². The minimum atomic E-state index is -3.08. The molecule has 2 aliphatic heterocycles. The zero-order chi connectivity index (χ0) is 14.1. The Labute approximate surface area is 118 Å². The first kappa shape index (κ1) is 15.3. The fourth-order valence-corrected chi connectivity index (χ4v) is 5.35. The third-order valence-corrected chi connectivity index (χ3v) is 6.56. The van der Waals surface area contributed by atoms with Gasteiger partial charge in [-0.25, -0.2) is 12.7 Å². The second-order valence-corrected chi connectivity index (χ2v) is 9.23. The van der Waals surface area contributed by atoms with Gasteiger partial charge in [0.2, 0.25) is 10.0 Å². The van der Waals surface area contributed by atoms with Crippen molar-refractivity contribution >= 4 is 10.0 Å². The molecule has 2 aliphatic rings. The third kappa shape index (κ3) is 4.17. The van der Waals surface area contributed by atoms with Crippen LogP contribution in [0.1, 0.15) is 46.5 Å². The summed E-state index contributed by atoms with van der Waals surface area (Å²) >= 11 is 0. The van der Waals surface area contributed by atoms with Gasteiger partial charge in [0, 0.05) is 19.1 Å². The van der Waals surface area contributed by atoms with Crippen LogP contribution in [0, 0.1) is 11.3 Å². The first-order chi connectivity index (χ1) is 8.78. The highest BCUT2D eigenvalue weighted by molar-refractivity contribution is 7.89. The highest BCUT2D eigenvalue weighted by Gasteiger charge is 2.34. The van der Waals surface area contributed by atoms with Gasteiger partial charge in [-0.05, 0) is 43.6 Å². The summed E-state index contributed by atoms with van der Waals surface area (Å²) < 4.78 is 26.4. The van der Waals surface area contributed by atoms with E-state index in [9.17, 15) is 8.42 Å². The average molecular weight is 288 g/mol. The van der Waals surface area contributed by atoms with E-state index in [2.05, 4.69) is 5.32 Å². The normalized spacial score (nSPS) is 27.8. The Balaban J connectivity index is 1.88. The van der Waals surface area contributed by atoms with Gasteiger partial charge >= 0.3 is 0 Å². The minimum Gasteiger partial charge on any atom is -0.314 e. The van der Waals surface area contributed by atoms with Crippen molar-refractivity contribution in [3.8, 4) is 0 Å². The average Bonchev–Trinajstić information content (AvgIpc) is 2.79. The highest BCUT2D eigenvalue weighted by Crippen LogP contribution is 2.28. The Morgan fingerprint density at radius 2 is 1.79 bits per heavy atom.